The molecule has 2 aliphatic rings. The van der Waals surface area contributed by atoms with Crippen LogP contribution in [0.15, 0.2) is 11.4 Å². The molecule has 18 heavy (non-hydrogen) atoms. The average Bonchev–Trinajstić information content (AvgIpc) is 2.88. The first-order chi connectivity index (χ1) is 8.88. The second-order valence-corrected chi connectivity index (χ2v) is 6.37. The minimum absolute atomic E-state index is 0.498. The average molecular weight is 266 g/mol. The molecule has 0 radical (unpaired) electrons. The zero-order chi connectivity index (χ0) is 12.4. The lowest BCUT2D eigenvalue weighted by molar-refractivity contribution is 0.00770. The van der Waals surface area contributed by atoms with Gasteiger partial charge in [0.25, 0.3) is 0 Å². The summed E-state index contributed by atoms with van der Waals surface area (Å²) in [5.74, 6) is 0.629. The highest BCUT2D eigenvalue weighted by atomic mass is 32.1. The topological polar surface area (TPSA) is 38.5 Å². The van der Waals surface area contributed by atoms with Gasteiger partial charge in [-0.25, -0.2) is 0 Å². The molecule has 0 aromatic carbocycles. The van der Waals surface area contributed by atoms with E-state index in [1.165, 1.54) is 24.8 Å². The highest BCUT2D eigenvalue weighted by molar-refractivity contribution is 7.10. The molecule has 3 heterocycles. The van der Waals surface area contributed by atoms with Crippen molar-refractivity contribution in [3.63, 3.8) is 0 Å². The highest BCUT2D eigenvalue weighted by Gasteiger charge is 2.30. The molecule has 1 saturated heterocycles. The fourth-order valence-electron chi connectivity index (χ4n) is 3.26. The van der Waals surface area contributed by atoms with Gasteiger partial charge in [0.2, 0.25) is 0 Å². The van der Waals surface area contributed by atoms with Crippen LogP contribution in [0.5, 0.6) is 0 Å². The first-order valence-electron chi connectivity index (χ1n) is 6.95. The molecular weight excluding hydrogens is 244 g/mol. The summed E-state index contributed by atoms with van der Waals surface area (Å²) >= 11 is 1.90. The number of nitrogens with two attached hydrogens (primary N) is 1. The fraction of sp³-hybridized carbons (Fsp3) is 0.714. The normalized spacial score (nSPS) is 26.8. The third-order valence-electron chi connectivity index (χ3n) is 4.29. The number of ether oxygens (including phenoxy) is 1. The maximum atomic E-state index is 6.04. The van der Waals surface area contributed by atoms with Crippen molar-refractivity contribution in [3.8, 4) is 0 Å². The van der Waals surface area contributed by atoms with Gasteiger partial charge in [0.1, 0.15) is 0 Å². The lowest BCUT2D eigenvalue weighted by Crippen LogP contribution is -2.49. The molecule has 0 amide bonds. The Bertz CT molecular complexity index is 387. The van der Waals surface area contributed by atoms with Gasteiger partial charge in [-0.05, 0) is 42.2 Å². The molecule has 3 nitrogen and oxygen atoms in total. The molecule has 3 rings (SSSR count). The van der Waals surface area contributed by atoms with Crippen LogP contribution in [0.3, 0.4) is 0 Å². The lowest BCUT2D eigenvalue weighted by Gasteiger charge is -2.39. The van der Waals surface area contributed by atoms with Gasteiger partial charge in [-0.15, -0.1) is 11.3 Å². The predicted octanol–water partition coefficient (Wildman–Crippen LogP) is 1.86. The number of rotatable bonds is 3. The van der Waals surface area contributed by atoms with Crippen LogP contribution in [-0.2, 0) is 17.7 Å². The van der Waals surface area contributed by atoms with Crippen LogP contribution in [0, 0.1) is 5.92 Å². The monoisotopic (exact) mass is 266 g/mol. The molecule has 100 valence electrons. The Balaban J connectivity index is 1.69. The minimum atomic E-state index is 0.498. The van der Waals surface area contributed by atoms with E-state index >= 15 is 0 Å². The van der Waals surface area contributed by atoms with E-state index in [-0.39, 0.29) is 0 Å². The van der Waals surface area contributed by atoms with Gasteiger partial charge in [-0.1, -0.05) is 0 Å². The maximum absolute atomic E-state index is 6.04. The Morgan fingerprint density at radius 2 is 2.50 bits per heavy atom. The molecule has 2 atom stereocenters. The van der Waals surface area contributed by atoms with Crippen molar-refractivity contribution in [1.29, 1.82) is 0 Å². The summed E-state index contributed by atoms with van der Waals surface area (Å²) in [6, 6.07) is 2.77. The van der Waals surface area contributed by atoms with Gasteiger partial charge in [0, 0.05) is 37.2 Å². The number of fused-ring (bicyclic) bond motifs is 1. The van der Waals surface area contributed by atoms with Crippen molar-refractivity contribution in [2.24, 2.45) is 11.7 Å². The van der Waals surface area contributed by atoms with E-state index in [0.717, 1.165) is 32.8 Å². The zero-order valence-corrected chi connectivity index (χ0v) is 11.6. The van der Waals surface area contributed by atoms with E-state index in [9.17, 15) is 0 Å². The third-order valence-corrected chi connectivity index (χ3v) is 5.31. The second kappa shape index (κ2) is 5.70. The smallest absolute Gasteiger partial charge is 0.0509 e. The molecule has 1 fully saturated rings. The van der Waals surface area contributed by atoms with Crippen LogP contribution in [0.2, 0.25) is 0 Å². The Morgan fingerprint density at radius 3 is 3.28 bits per heavy atom. The Hall–Kier alpha value is -0.420. The summed E-state index contributed by atoms with van der Waals surface area (Å²) in [5.41, 5.74) is 7.55. The lowest BCUT2D eigenvalue weighted by atomic mass is 9.91. The summed E-state index contributed by atoms with van der Waals surface area (Å²) in [7, 11) is 0. The molecule has 1 aromatic rings. The Labute approximate surface area is 113 Å². The zero-order valence-electron chi connectivity index (χ0n) is 10.8. The minimum Gasteiger partial charge on any atom is -0.381 e. The van der Waals surface area contributed by atoms with Gasteiger partial charge in [0.15, 0.2) is 0 Å². The summed E-state index contributed by atoms with van der Waals surface area (Å²) in [5, 5.41) is 2.22. The fourth-order valence-corrected chi connectivity index (χ4v) is 4.15. The van der Waals surface area contributed by atoms with Crippen molar-refractivity contribution >= 4 is 11.3 Å². The summed E-state index contributed by atoms with van der Waals surface area (Å²) in [6.45, 7) is 4.83. The SMILES string of the molecule is NCC(C1CCCOC1)N1CCc2sccc2C1. The summed E-state index contributed by atoms with van der Waals surface area (Å²) in [6.07, 6.45) is 3.66. The van der Waals surface area contributed by atoms with Crippen LogP contribution >= 0.6 is 11.3 Å². The molecular formula is C14H22N2OS. The third kappa shape index (κ3) is 2.48. The molecule has 2 aliphatic heterocycles. The van der Waals surface area contributed by atoms with E-state index in [1.807, 2.05) is 11.3 Å². The largest absolute Gasteiger partial charge is 0.381 e. The number of hydrogen-bond donors (Lipinski definition) is 1. The van der Waals surface area contributed by atoms with Gasteiger partial charge < -0.3 is 10.5 Å². The van der Waals surface area contributed by atoms with Crippen molar-refractivity contribution < 1.29 is 4.74 Å². The maximum Gasteiger partial charge on any atom is 0.0509 e. The Kier molecular flexibility index (Phi) is 3.99. The van der Waals surface area contributed by atoms with Crippen LogP contribution in [0.25, 0.3) is 0 Å². The molecule has 0 saturated carbocycles. The molecule has 4 heteroatoms. The molecule has 0 bridgehead atoms. The van der Waals surface area contributed by atoms with Crippen molar-refractivity contribution in [2.45, 2.75) is 31.8 Å². The van der Waals surface area contributed by atoms with E-state index in [4.69, 9.17) is 10.5 Å². The summed E-state index contributed by atoms with van der Waals surface area (Å²) in [4.78, 5) is 4.15. The molecule has 1 aromatic heterocycles. The molecule has 2 N–H and O–H groups in total. The quantitative estimate of drug-likeness (QED) is 0.907. The standard InChI is InChI=1S/C14H22N2OS/c15-8-13(12-2-1-6-17-10-12)16-5-3-14-11(9-16)4-7-18-14/h4,7,12-13H,1-3,5-6,8-10,15H2. The van der Waals surface area contributed by atoms with Crippen LogP contribution in [0.1, 0.15) is 23.3 Å². The van der Waals surface area contributed by atoms with Crippen molar-refractivity contribution in [1.82, 2.24) is 4.90 Å². The van der Waals surface area contributed by atoms with Crippen LogP contribution in [0.4, 0.5) is 0 Å². The number of thiophene rings is 1. The summed E-state index contributed by atoms with van der Waals surface area (Å²) < 4.78 is 5.63. The molecule has 0 aliphatic carbocycles. The molecule has 2 unspecified atom stereocenters. The van der Waals surface area contributed by atoms with Crippen LogP contribution < -0.4 is 5.73 Å². The number of nitrogens with zero attached hydrogens (tertiary/aromatic N) is 1. The van der Waals surface area contributed by atoms with E-state index in [2.05, 4.69) is 16.3 Å². The van der Waals surface area contributed by atoms with E-state index in [1.54, 1.807) is 4.88 Å². The van der Waals surface area contributed by atoms with E-state index < -0.39 is 0 Å². The first-order valence-corrected chi connectivity index (χ1v) is 7.83. The number of hydrogen-bond acceptors (Lipinski definition) is 4. The van der Waals surface area contributed by atoms with Gasteiger partial charge >= 0.3 is 0 Å². The van der Waals surface area contributed by atoms with Crippen molar-refractivity contribution in [3.05, 3.63) is 21.9 Å². The van der Waals surface area contributed by atoms with Gasteiger partial charge in [-0.2, -0.15) is 0 Å². The predicted molar refractivity (Wildman–Crippen MR) is 74.8 cm³/mol. The van der Waals surface area contributed by atoms with Gasteiger partial charge in [-0.3, -0.25) is 4.90 Å². The Morgan fingerprint density at radius 1 is 1.56 bits per heavy atom. The molecule has 0 spiro atoms. The highest BCUT2D eigenvalue weighted by Crippen LogP contribution is 2.28. The van der Waals surface area contributed by atoms with Gasteiger partial charge in [0.05, 0.1) is 6.61 Å². The van der Waals surface area contributed by atoms with Crippen LogP contribution in [-0.4, -0.2) is 37.2 Å². The van der Waals surface area contributed by atoms with E-state index in [0.29, 0.717) is 12.0 Å². The second-order valence-electron chi connectivity index (χ2n) is 5.37. The van der Waals surface area contributed by atoms with Crippen molar-refractivity contribution in [2.75, 3.05) is 26.3 Å². The first kappa shape index (κ1) is 12.6.